The van der Waals surface area contributed by atoms with Gasteiger partial charge in [0.15, 0.2) is 6.10 Å². The topological polar surface area (TPSA) is 44.8 Å². The summed E-state index contributed by atoms with van der Waals surface area (Å²) in [5.41, 5.74) is -0.765. The van der Waals surface area contributed by atoms with Crippen molar-refractivity contribution in [2.24, 2.45) is 10.8 Å². The highest BCUT2D eigenvalue weighted by Gasteiger charge is 2.55. The molecule has 0 spiro atoms. The highest BCUT2D eigenvalue weighted by atomic mass is 16.7. The first-order chi connectivity index (χ1) is 7.53. The number of hydrogen-bond donors (Lipinski definition) is 0. The summed E-state index contributed by atoms with van der Waals surface area (Å²) < 4.78 is 16.6. The fraction of sp³-hybridized carbons (Fsp3) is 0.923. The van der Waals surface area contributed by atoms with Gasteiger partial charge in [-0.3, -0.25) is 4.79 Å². The zero-order valence-corrected chi connectivity index (χ0v) is 11.9. The van der Waals surface area contributed by atoms with E-state index in [9.17, 15) is 4.79 Å². The van der Waals surface area contributed by atoms with E-state index in [1.165, 1.54) is 0 Å². The van der Waals surface area contributed by atoms with Crippen molar-refractivity contribution in [3.8, 4) is 0 Å². The van der Waals surface area contributed by atoms with Crippen LogP contribution in [0.4, 0.5) is 0 Å². The maximum atomic E-state index is 12.0. The van der Waals surface area contributed by atoms with Gasteiger partial charge in [0.05, 0.1) is 12.0 Å². The summed E-state index contributed by atoms with van der Waals surface area (Å²) in [5.74, 6) is -1.09. The molecule has 1 heterocycles. The van der Waals surface area contributed by atoms with E-state index in [0.29, 0.717) is 6.61 Å². The lowest BCUT2D eigenvalue weighted by Gasteiger charge is -2.35. The Morgan fingerprint density at radius 3 is 2.24 bits per heavy atom. The largest absolute Gasteiger partial charge is 0.456 e. The predicted molar refractivity (Wildman–Crippen MR) is 64.5 cm³/mol. The molecule has 0 saturated carbocycles. The molecule has 100 valence electrons. The third-order valence-corrected chi connectivity index (χ3v) is 3.16. The summed E-state index contributed by atoms with van der Waals surface area (Å²) in [6.07, 6.45) is -0.397. The molecule has 2 atom stereocenters. The number of carbonyl (C=O) groups is 1. The normalized spacial score (nSPS) is 32.5. The van der Waals surface area contributed by atoms with E-state index in [-0.39, 0.29) is 11.4 Å². The van der Waals surface area contributed by atoms with Crippen LogP contribution in [0.25, 0.3) is 0 Å². The minimum Gasteiger partial charge on any atom is -0.456 e. The van der Waals surface area contributed by atoms with E-state index < -0.39 is 17.3 Å². The molecule has 2 unspecified atom stereocenters. The third kappa shape index (κ3) is 2.80. The molecule has 1 fully saturated rings. The highest BCUT2D eigenvalue weighted by Crippen LogP contribution is 2.42. The molecule has 0 N–H and O–H groups in total. The lowest BCUT2D eigenvalue weighted by Crippen LogP contribution is -2.47. The minimum atomic E-state index is -0.857. The fourth-order valence-electron chi connectivity index (χ4n) is 1.91. The van der Waals surface area contributed by atoms with Crippen molar-refractivity contribution in [2.45, 2.75) is 53.4 Å². The molecule has 0 aromatic carbocycles. The van der Waals surface area contributed by atoms with E-state index in [1.807, 2.05) is 41.5 Å². The smallest absolute Gasteiger partial charge is 0.311 e. The van der Waals surface area contributed by atoms with Gasteiger partial charge in [0.2, 0.25) is 5.79 Å². The zero-order chi connectivity index (χ0) is 13.5. The first kappa shape index (κ1) is 14.5. The van der Waals surface area contributed by atoms with Crippen LogP contribution >= 0.6 is 0 Å². The third-order valence-electron chi connectivity index (χ3n) is 3.16. The van der Waals surface area contributed by atoms with Gasteiger partial charge >= 0.3 is 5.97 Å². The molecule has 4 nitrogen and oxygen atoms in total. The Kier molecular flexibility index (Phi) is 3.61. The molecule has 1 aliphatic rings. The van der Waals surface area contributed by atoms with Gasteiger partial charge in [0.1, 0.15) is 0 Å². The fourth-order valence-corrected chi connectivity index (χ4v) is 1.91. The van der Waals surface area contributed by atoms with Crippen molar-refractivity contribution in [1.29, 1.82) is 0 Å². The second-order valence-corrected chi connectivity index (χ2v) is 6.53. The maximum absolute atomic E-state index is 12.0. The molecule has 0 amide bonds. The van der Waals surface area contributed by atoms with Crippen molar-refractivity contribution >= 4 is 5.97 Å². The lowest BCUT2D eigenvalue weighted by atomic mass is 9.85. The number of ether oxygens (including phenoxy) is 3. The Hall–Kier alpha value is -0.610. The van der Waals surface area contributed by atoms with Gasteiger partial charge in [-0.15, -0.1) is 0 Å². The molecule has 4 heteroatoms. The van der Waals surface area contributed by atoms with Crippen LogP contribution in [0.2, 0.25) is 0 Å². The second kappa shape index (κ2) is 4.25. The van der Waals surface area contributed by atoms with E-state index in [4.69, 9.17) is 14.2 Å². The Labute approximate surface area is 104 Å². The molecule has 1 rings (SSSR count). The monoisotopic (exact) mass is 244 g/mol. The molecule has 0 radical (unpaired) electrons. The average Bonchev–Trinajstić information content (AvgIpc) is 2.41. The number of carbonyl (C=O) groups excluding carboxylic acids is 1. The van der Waals surface area contributed by atoms with Crippen molar-refractivity contribution in [3.05, 3.63) is 0 Å². The van der Waals surface area contributed by atoms with Gasteiger partial charge in [-0.05, 0) is 27.7 Å². The summed E-state index contributed by atoms with van der Waals surface area (Å²) in [5, 5.41) is 0. The van der Waals surface area contributed by atoms with Gasteiger partial charge in [-0.2, -0.15) is 0 Å². The van der Waals surface area contributed by atoms with Crippen LogP contribution in [-0.4, -0.2) is 31.6 Å². The van der Waals surface area contributed by atoms with E-state index in [2.05, 4.69) is 0 Å². The molecule has 17 heavy (non-hydrogen) atoms. The second-order valence-electron chi connectivity index (χ2n) is 6.53. The Morgan fingerprint density at radius 2 is 1.82 bits per heavy atom. The quantitative estimate of drug-likeness (QED) is 0.699. The minimum absolute atomic E-state index is 0.232. The van der Waals surface area contributed by atoms with Crippen LogP contribution in [0.1, 0.15) is 41.5 Å². The number of methoxy groups -OCH3 is 1. The summed E-state index contributed by atoms with van der Waals surface area (Å²) >= 11 is 0. The molecule has 0 bridgehead atoms. The van der Waals surface area contributed by atoms with Crippen molar-refractivity contribution in [1.82, 2.24) is 0 Å². The molecular formula is C13H24O4. The molecule has 1 saturated heterocycles. The molecule has 0 aromatic rings. The average molecular weight is 244 g/mol. The van der Waals surface area contributed by atoms with Crippen LogP contribution in [-0.2, 0) is 19.0 Å². The maximum Gasteiger partial charge on any atom is 0.311 e. The standard InChI is InChI=1S/C13H24O4/c1-11(2,3)10(14)17-9-12(4,5)8-16-13(9,6)15-7/h9H,8H2,1-7H3. The van der Waals surface area contributed by atoms with Gasteiger partial charge in [0, 0.05) is 12.5 Å². The van der Waals surface area contributed by atoms with E-state index in [0.717, 1.165) is 0 Å². The molecule has 0 aromatic heterocycles. The molecular weight excluding hydrogens is 220 g/mol. The summed E-state index contributed by atoms with van der Waals surface area (Å²) in [6, 6.07) is 0. The van der Waals surface area contributed by atoms with Crippen molar-refractivity contribution in [3.63, 3.8) is 0 Å². The van der Waals surface area contributed by atoms with Crippen LogP contribution in [0, 0.1) is 10.8 Å². The van der Waals surface area contributed by atoms with E-state index >= 15 is 0 Å². The molecule has 1 aliphatic heterocycles. The van der Waals surface area contributed by atoms with Crippen LogP contribution in [0.5, 0.6) is 0 Å². The van der Waals surface area contributed by atoms with Gasteiger partial charge in [-0.25, -0.2) is 0 Å². The van der Waals surface area contributed by atoms with Gasteiger partial charge in [-0.1, -0.05) is 13.8 Å². The first-order valence-electron chi connectivity index (χ1n) is 5.93. The Morgan fingerprint density at radius 1 is 1.29 bits per heavy atom. The van der Waals surface area contributed by atoms with Gasteiger partial charge < -0.3 is 14.2 Å². The Balaban J connectivity index is 2.89. The summed E-state index contributed by atoms with van der Waals surface area (Å²) in [6.45, 7) is 11.9. The van der Waals surface area contributed by atoms with Crippen LogP contribution in [0.15, 0.2) is 0 Å². The lowest BCUT2D eigenvalue weighted by molar-refractivity contribution is -0.234. The first-order valence-corrected chi connectivity index (χ1v) is 5.93. The van der Waals surface area contributed by atoms with Crippen molar-refractivity contribution in [2.75, 3.05) is 13.7 Å². The van der Waals surface area contributed by atoms with Gasteiger partial charge in [0.25, 0.3) is 0 Å². The number of rotatable bonds is 2. The SMILES string of the molecule is COC1(C)OCC(C)(C)C1OC(=O)C(C)(C)C. The summed E-state index contributed by atoms with van der Waals surface area (Å²) in [7, 11) is 1.57. The highest BCUT2D eigenvalue weighted by molar-refractivity contribution is 5.75. The Bertz CT molecular complexity index is 303. The zero-order valence-electron chi connectivity index (χ0n) is 11.9. The van der Waals surface area contributed by atoms with Crippen LogP contribution < -0.4 is 0 Å². The van der Waals surface area contributed by atoms with E-state index in [1.54, 1.807) is 7.11 Å². The predicted octanol–water partition coefficient (Wildman–Crippen LogP) is 2.36. The number of hydrogen-bond acceptors (Lipinski definition) is 4. The summed E-state index contributed by atoms with van der Waals surface area (Å²) in [4.78, 5) is 12.0. The number of esters is 1. The molecule has 0 aliphatic carbocycles. The van der Waals surface area contributed by atoms with Crippen LogP contribution in [0.3, 0.4) is 0 Å². The van der Waals surface area contributed by atoms with Crippen molar-refractivity contribution < 1.29 is 19.0 Å².